The minimum atomic E-state index is 0.0457. The molecule has 6 heterocycles. The highest BCUT2D eigenvalue weighted by Crippen LogP contribution is 2.47. The third-order valence-corrected chi connectivity index (χ3v) is 8.15. The fourth-order valence-corrected chi connectivity index (χ4v) is 5.87. The Morgan fingerprint density at radius 3 is 2.67 bits per heavy atom. The van der Waals surface area contributed by atoms with Crippen LogP contribution in [0.25, 0.3) is 5.82 Å². The number of nitrogens with zero attached hydrogens (tertiary/aromatic N) is 8. The van der Waals surface area contributed by atoms with E-state index in [9.17, 15) is 0 Å². The molecule has 4 aromatic rings. The van der Waals surface area contributed by atoms with Crippen molar-refractivity contribution in [3.8, 4) is 5.82 Å². The van der Waals surface area contributed by atoms with E-state index in [2.05, 4.69) is 34.6 Å². The van der Waals surface area contributed by atoms with Crippen LogP contribution >= 0.6 is 23.4 Å². The van der Waals surface area contributed by atoms with E-state index < -0.39 is 0 Å². The van der Waals surface area contributed by atoms with Gasteiger partial charge in [0.05, 0.1) is 29.2 Å². The van der Waals surface area contributed by atoms with Crippen LogP contribution in [0.3, 0.4) is 0 Å². The molecule has 0 aliphatic carbocycles. The molecule has 1 spiro atoms. The highest BCUT2D eigenvalue weighted by Gasteiger charge is 2.46. The van der Waals surface area contributed by atoms with Gasteiger partial charge in [-0.2, -0.15) is 5.10 Å². The maximum absolute atomic E-state index is 6.60. The molecule has 1 fully saturated rings. The van der Waals surface area contributed by atoms with E-state index in [1.54, 1.807) is 29.5 Å². The molecule has 2 aliphatic rings. The van der Waals surface area contributed by atoms with Gasteiger partial charge in [0, 0.05) is 54.7 Å². The van der Waals surface area contributed by atoms with Gasteiger partial charge in [-0.25, -0.2) is 19.9 Å². The Morgan fingerprint density at radius 1 is 1.06 bits per heavy atom. The fraction of sp³-hybridized carbons (Fsp3) is 0.318. The van der Waals surface area contributed by atoms with E-state index in [4.69, 9.17) is 17.3 Å². The zero-order valence-electron chi connectivity index (χ0n) is 17.8. The van der Waals surface area contributed by atoms with Gasteiger partial charge in [0.25, 0.3) is 0 Å². The summed E-state index contributed by atoms with van der Waals surface area (Å²) in [6, 6.07) is 3.97. The van der Waals surface area contributed by atoms with Gasteiger partial charge in [0.1, 0.15) is 17.2 Å². The molecule has 0 bridgehead atoms. The SMILES string of the molecule is N[C@@H]1c2ccnn2CC12CCN(c1cnc(Sc3ccnc(-n4ccnc4)c3Cl)cn1)CC2. The molecular weight excluding hydrogens is 458 g/mol. The maximum Gasteiger partial charge on any atom is 0.157 e. The molecule has 9 nitrogen and oxygen atoms in total. The van der Waals surface area contributed by atoms with Crippen LogP contribution in [-0.2, 0) is 6.54 Å². The normalized spacial score (nSPS) is 19.2. The Morgan fingerprint density at radius 2 is 1.94 bits per heavy atom. The summed E-state index contributed by atoms with van der Waals surface area (Å²) in [6.45, 7) is 2.72. The second-order valence-electron chi connectivity index (χ2n) is 8.47. The van der Waals surface area contributed by atoms with E-state index in [0.29, 0.717) is 10.8 Å². The lowest BCUT2D eigenvalue weighted by atomic mass is 9.73. The summed E-state index contributed by atoms with van der Waals surface area (Å²) in [6.07, 6.45) is 14.4. The lowest BCUT2D eigenvalue weighted by molar-refractivity contribution is 0.170. The van der Waals surface area contributed by atoms with Crippen molar-refractivity contribution in [1.29, 1.82) is 0 Å². The summed E-state index contributed by atoms with van der Waals surface area (Å²) >= 11 is 8.06. The van der Waals surface area contributed by atoms with Crippen molar-refractivity contribution in [1.82, 2.24) is 34.3 Å². The molecule has 1 atom stereocenters. The van der Waals surface area contributed by atoms with Crippen molar-refractivity contribution >= 4 is 29.2 Å². The van der Waals surface area contributed by atoms with Crippen LogP contribution in [0.15, 0.2) is 65.6 Å². The molecule has 0 aromatic carbocycles. The Labute approximate surface area is 200 Å². The minimum absolute atomic E-state index is 0.0457. The molecule has 11 heteroatoms. The van der Waals surface area contributed by atoms with Crippen LogP contribution in [-0.4, -0.2) is 47.4 Å². The molecule has 33 heavy (non-hydrogen) atoms. The molecule has 2 N–H and O–H groups in total. The second-order valence-corrected chi connectivity index (χ2v) is 9.91. The number of aromatic nitrogens is 7. The highest BCUT2D eigenvalue weighted by atomic mass is 35.5. The first kappa shape index (κ1) is 20.6. The van der Waals surface area contributed by atoms with E-state index >= 15 is 0 Å². The van der Waals surface area contributed by atoms with Crippen molar-refractivity contribution in [2.24, 2.45) is 11.1 Å². The van der Waals surface area contributed by atoms with Crippen LogP contribution in [0.4, 0.5) is 5.82 Å². The number of piperidine rings is 1. The first-order valence-corrected chi connectivity index (χ1v) is 12.0. The number of fused-ring (bicyclic) bond motifs is 1. The van der Waals surface area contributed by atoms with Crippen molar-refractivity contribution < 1.29 is 0 Å². The maximum atomic E-state index is 6.60. The average Bonchev–Trinajstić information content (AvgIpc) is 3.57. The lowest BCUT2D eigenvalue weighted by Crippen LogP contribution is -2.45. The highest BCUT2D eigenvalue weighted by molar-refractivity contribution is 7.99. The van der Waals surface area contributed by atoms with Gasteiger partial charge in [-0.3, -0.25) is 9.25 Å². The van der Waals surface area contributed by atoms with Crippen molar-refractivity contribution in [3.63, 3.8) is 0 Å². The Kier molecular flexibility index (Phi) is 5.08. The van der Waals surface area contributed by atoms with Crippen LogP contribution in [0, 0.1) is 5.41 Å². The van der Waals surface area contributed by atoms with Crippen LogP contribution in [0.1, 0.15) is 24.6 Å². The van der Waals surface area contributed by atoms with Gasteiger partial charge in [0.15, 0.2) is 5.82 Å². The largest absolute Gasteiger partial charge is 0.355 e. The van der Waals surface area contributed by atoms with Crippen molar-refractivity contribution in [3.05, 3.63) is 66.4 Å². The van der Waals surface area contributed by atoms with Crippen LogP contribution < -0.4 is 10.6 Å². The fourth-order valence-electron chi connectivity index (χ4n) is 4.80. The predicted octanol–water partition coefficient (Wildman–Crippen LogP) is 3.36. The topological polar surface area (TPSA) is 104 Å². The van der Waals surface area contributed by atoms with E-state index in [-0.39, 0.29) is 11.5 Å². The molecule has 0 amide bonds. The van der Waals surface area contributed by atoms with Crippen LogP contribution in [0.5, 0.6) is 0 Å². The van der Waals surface area contributed by atoms with E-state index in [0.717, 1.165) is 53.9 Å². The molecular formula is C22H22ClN9S. The van der Waals surface area contributed by atoms with E-state index in [1.807, 2.05) is 30.7 Å². The summed E-state index contributed by atoms with van der Waals surface area (Å²) in [7, 11) is 0. The number of anilines is 1. The number of hydrogen-bond acceptors (Lipinski definition) is 8. The van der Waals surface area contributed by atoms with Crippen molar-refractivity contribution in [2.45, 2.75) is 35.3 Å². The zero-order valence-corrected chi connectivity index (χ0v) is 19.3. The summed E-state index contributed by atoms with van der Waals surface area (Å²) < 4.78 is 3.85. The molecule has 2 aliphatic heterocycles. The molecule has 1 saturated heterocycles. The Bertz CT molecular complexity index is 1260. The Balaban J connectivity index is 1.13. The first-order chi connectivity index (χ1) is 16.1. The third-order valence-electron chi connectivity index (χ3n) is 6.69. The molecule has 0 unspecified atom stereocenters. The number of pyridine rings is 1. The van der Waals surface area contributed by atoms with Gasteiger partial charge in [-0.15, -0.1) is 0 Å². The minimum Gasteiger partial charge on any atom is -0.355 e. The number of imidazole rings is 1. The van der Waals surface area contributed by atoms with Gasteiger partial charge in [-0.1, -0.05) is 23.4 Å². The third kappa shape index (κ3) is 3.58. The average molecular weight is 480 g/mol. The number of rotatable bonds is 4. The van der Waals surface area contributed by atoms with Crippen LogP contribution in [0.2, 0.25) is 5.02 Å². The van der Waals surface area contributed by atoms with Gasteiger partial charge >= 0.3 is 0 Å². The smallest absolute Gasteiger partial charge is 0.157 e. The van der Waals surface area contributed by atoms with Gasteiger partial charge < -0.3 is 10.6 Å². The monoisotopic (exact) mass is 479 g/mol. The standard InChI is InChI=1S/C22H22ClN9S/c23-19-16(2-5-26-21(19)31-10-7-25-14-31)33-18-12-27-17(11-28-18)30-8-3-22(4-9-30)13-32-15(20(22)24)1-6-29-32/h1-2,5-7,10-12,14,20H,3-4,8-9,13,24H2/t20-/m1/s1. The molecule has 6 rings (SSSR count). The number of halogens is 1. The molecule has 4 aromatic heterocycles. The molecule has 168 valence electrons. The zero-order chi connectivity index (χ0) is 22.4. The quantitative estimate of drug-likeness (QED) is 0.475. The first-order valence-electron chi connectivity index (χ1n) is 10.8. The van der Waals surface area contributed by atoms with Gasteiger partial charge in [-0.05, 0) is 25.0 Å². The summed E-state index contributed by atoms with van der Waals surface area (Å²) in [5, 5.41) is 5.76. The lowest BCUT2D eigenvalue weighted by Gasteiger charge is -2.41. The summed E-state index contributed by atoms with van der Waals surface area (Å²) in [5.74, 6) is 1.52. The molecule has 0 saturated carbocycles. The number of nitrogens with two attached hydrogens (primary N) is 1. The second kappa shape index (κ2) is 8.12. The van der Waals surface area contributed by atoms with Crippen molar-refractivity contribution in [2.75, 3.05) is 18.0 Å². The predicted molar refractivity (Wildman–Crippen MR) is 126 cm³/mol. The van der Waals surface area contributed by atoms with Gasteiger partial charge in [0.2, 0.25) is 0 Å². The van der Waals surface area contributed by atoms with E-state index in [1.165, 1.54) is 11.8 Å². The summed E-state index contributed by atoms with van der Waals surface area (Å²) in [4.78, 5) is 20.9. The molecule has 0 radical (unpaired) electrons. The summed E-state index contributed by atoms with van der Waals surface area (Å²) in [5.41, 5.74) is 7.84. The Hall–Kier alpha value is -2.95. The number of hydrogen-bond donors (Lipinski definition) is 1.